The Kier molecular flexibility index (Phi) is 6.13. The van der Waals surface area contributed by atoms with Crippen molar-refractivity contribution in [2.75, 3.05) is 45.8 Å². The molecular weight excluding hydrogens is 332 g/mol. The van der Waals surface area contributed by atoms with E-state index in [4.69, 9.17) is 0 Å². The number of piperazine rings is 1. The van der Waals surface area contributed by atoms with Crippen molar-refractivity contribution in [1.82, 2.24) is 29.8 Å². The fourth-order valence-corrected chi connectivity index (χ4v) is 3.65. The van der Waals surface area contributed by atoms with Crippen LogP contribution in [0.1, 0.15) is 37.8 Å². The highest BCUT2D eigenvalue weighted by atomic mass is 16.2. The van der Waals surface area contributed by atoms with Crippen LogP contribution in [-0.2, 0) is 11.8 Å². The Morgan fingerprint density at radius 2 is 1.81 bits per heavy atom. The van der Waals surface area contributed by atoms with Crippen LogP contribution < -0.4 is 5.32 Å². The van der Waals surface area contributed by atoms with Crippen LogP contribution in [0, 0.1) is 0 Å². The van der Waals surface area contributed by atoms with Crippen molar-refractivity contribution in [1.29, 1.82) is 0 Å². The van der Waals surface area contributed by atoms with Crippen LogP contribution in [0.3, 0.4) is 0 Å². The number of nitrogens with zero attached hydrogens (tertiary/aromatic N) is 5. The minimum absolute atomic E-state index is 0.0222. The second-order valence-corrected chi connectivity index (χ2v) is 7.21. The second kappa shape index (κ2) is 8.53. The molecule has 26 heavy (non-hydrogen) atoms. The molecule has 0 bridgehead atoms. The summed E-state index contributed by atoms with van der Waals surface area (Å²) in [5.74, 6) is 0.225. The molecule has 0 aromatic carbocycles. The Bertz CT molecular complexity index is 617. The van der Waals surface area contributed by atoms with Gasteiger partial charge in [-0.25, -0.2) is 4.79 Å². The molecular formula is C18H30N6O2. The largest absolute Gasteiger partial charge is 0.342 e. The van der Waals surface area contributed by atoms with Crippen LogP contribution in [0.4, 0.5) is 4.79 Å². The number of aromatic nitrogens is 2. The van der Waals surface area contributed by atoms with E-state index in [2.05, 4.69) is 22.2 Å². The molecule has 1 atom stereocenters. The number of rotatable bonds is 5. The number of hydrogen-bond acceptors (Lipinski definition) is 4. The second-order valence-electron chi connectivity index (χ2n) is 7.21. The lowest BCUT2D eigenvalue weighted by Gasteiger charge is -2.35. The number of hydrogen-bond donors (Lipinski definition) is 1. The first kappa shape index (κ1) is 18.7. The van der Waals surface area contributed by atoms with Gasteiger partial charge in [0.05, 0.1) is 18.8 Å². The van der Waals surface area contributed by atoms with Crippen LogP contribution in [0.15, 0.2) is 12.4 Å². The van der Waals surface area contributed by atoms with E-state index in [9.17, 15) is 9.59 Å². The molecule has 1 aromatic rings. The number of carbonyl (C=O) groups excluding carboxylic acids is 2. The molecule has 144 valence electrons. The molecule has 3 rings (SSSR count). The summed E-state index contributed by atoms with van der Waals surface area (Å²) in [4.78, 5) is 30.8. The Hall–Kier alpha value is -2.09. The molecule has 2 fully saturated rings. The van der Waals surface area contributed by atoms with Gasteiger partial charge in [0.1, 0.15) is 0 Å². The van der Waals surface area contributed by atoms with Crippen molar-refractivity contribution in [2.24, 2.45) is 7.05 Å². The molecule has 2 aliphatic rings. The van der Waals surface area contributed by atoms with Crippen LogP contribution in [0.5, 0.6) is 0 Å². The van der Waals surface area contributed by atoms with Crippen molar-refractivity contribution in [3.8, 4) is 0 Å². The van der Waals surface area contributed by atoms with Crippen LogP contribution in [0.2, 0.25) is 0 Å². The molecule has 0 radical (unpaired) electrons. The first-order chi connectivity index (χ1) is 12.6. The monoisotopic (exact) mass is 362 g/mol. The van der Waals surface area contributed by atoms with E-state index in [1.54, 1.807) is 10.9 Å². The topological polar surface area (TPSA) is 73.7 Å². The number of likely N-dealkylation sites (tertiary alicyclic amines) is 1. The maximum atomic E-state index is 12.6. The van der Waals surface area contributed by atoms with Crippen molar-refractivity contribution in [3.05, 3.63) is 18.0 Å². The molecule has 0 spiro atoms. The molecule has 3 heterocycles. The zero-order chi connectivity index (χ0) is 18.5. The summed E-state index contributed by atoms with van der Waals surface area (Å²) in [5, 5.41) is 7.29. The highest BCUT2D eigenvalue weighted by Gasteiger charge is 2.26. The van der Waals surface area contributed by atoms with Crippen molar-refractivity contribution in [3.63, 3.8) is 0 Å². The van der Waals surface area contributed by atoms with E-state index < -0.39 is 0 Å². The summed E-state index contributed by atoms with van der Waals surface area (Å²) >= 11 is 0. The van der Waals surface area contributed by atoms with Gasteiger partial charge in [-0.2, -0.15) is 5.10 Å². The number of carbonyl (C=O) groups is 2. The molecule has 0 saturated carbocycles. The summed E-state index contributed by atoms with van der Waals surface area (Å²) in [6.45, 7) is 7.13. The van der Waals surface area contributed by atoms with E-state index in [-0.39, 0.29) is 18.0 Å². The average Bonchev–Trinajstić information content (AvgIpc) is 3.32. The van der Waals surface area contributed by atoms with E-state index >= 15 is 0 Å². The zero-order valence-corrected chi connectivity index (χ0v) is 15.9. The van der Waals surface area contributed by atoms with E-state index in [0.29, 0.717) is 19.6 Å². The fourth-order valence-electron chi connectivity index (χ4n) is 3.65. The van der Waals surface area contributed by atoms with Crippen molar-refractivity contribution >= 4 is 11.9 Å². The van der Waals surface area contributed by atoms with Crippen molar-refractivity contribution in [2.45, 2.75) is 32.2 Å². The summed E-state index contributed by atoms with van der Waals surface area (Å²) < 4.78 is 1.75. The number of aryl methyl sites for hydroxylation is 1. The molecule has 0 aliphatic carbocycles. The smallest absolute Gasteiger partial charge is 0.317 e. The SMILES string of the molecule is CCC(NC(=O)N1CCN(CC(=O)N2CCCC2)CC1)c1cnn(C)c1. The highest BCUT2D eigenvalue weighted by molar-refractivity contribution is 5.78. The predicted molar refractivity (Wildman–Crippen MR) is 98.6 cm³/mol. The predicted octanol–water partition coefficient (Wildman–Crippen LogP) is 0.821. The van der Waals surface area contributed by atoms with Gasteiger partial charge < -0.3 is 15.1 Å². The van der Waals surface area contributed by atoms with Crippen LogP contribution >= 0.6 is 0 Å². The molecule has 1 unspecified atom stereocenters. The molecule has 3 amide bonds. The van der Waals surface area contributed by atoms with Gasteiger partial charge >= 0.3 is 6.03 Å². The molecule has 2 saturated heterocycles. The summed E-state index contributed by atoms with van der Waals surface area (Å²) in [6.07, 6.45) is 6.80. The highest BCUT2D eigenvalue weighted by Crippen LogP contribution is 2.16. The molecule has 8 nitrogen and oxygen atoms in total. The molecule has 1 aromatic heterocycles. The fraction of sp³-hybridized carbons (Fsp3) is 0.722. The van der Waals surface area contributed by atoms with Gasteiger partial charge in [-0.05, 0) is 19.3 Å². The number of nitrogens with one attached hydrogen (secondary N) is 1. The third kappa shape index (κ3) is 4.55. The molecule has 8 heteroatoms. The standard InChI is InChI=1S/C18H30N6O2/c1-3-16(15-12-19-21(2)13-15)20-18(26)24-10-8-22(9-11-24)14-17(25)23-6-4-5-7-23/h12-13,16H,3-11,14H2,1-2H3,(H,20,26). The Labute approximate surface area is 155 Å². The first-order valence-electron chi connectivity index (χ1n) is 9.61. The number of urea groups is 1. The van der Waals surface area contributed by atoms with Gasteiger partial charge in [-0.15, -0.1) is 0 Å². The Morgan fingerprint density at radius 1 is 1.12 bits per heavy atom. The Morgan fingerprint density at radius 3 is 2.38 bits per heavy atom. The Balaban J connectivity index is 1.44. The minimum Gasteiger partial charge on any atom is -0.342 e. The van der Waals surface area contributed by atoms with Gasteiger partial charge in [-0.1, -0.05) is 6.92 Å². The van der Waals surface area contributed by atoms with Gasteiger partial charge in [0, 0.05) is 58.1 Å². The normalized spacial score (nSPS) is 19.6. The minimum atomic E-state index is -0.0359. The summed E-state index contributed by atoms with van der Waals surface area (Å²) in [7, 11) is 1.88. The van der Waals surface area contributed by atoms with Crippen molar-refractivity contribution < 1.29 is 9.59 Å². The molecule has 1 N–H and O–H groups in total. The maximum absolute atomic E-state index is 12.6. The lowest BCUT2D eigenvalue weighted by molar-refractivity contribution is -0.131. The van der Waals surface area contributed by atoms with E-state index in [1.807, 2.05) is 23.0 Å². The van der Waals surface area contributed by atoms with Crippen LogP contribution in [-0.4, -0.2) is 82.2 Å². The summed E-state index contributed by atoms with van der Waals surface area (Å²) in [5.41, 5.74) is 1.03. The van der Waals surface area contributed by atoms with Gasteiger partial charge in [0.25, 0.3) is 0 Å². The third-order valence-electron chi connectivity index (χ3n) is 5.31. The lowest BCUT2D eigenvalue weighted by atomic mass is 10.1. The third-order valence-corrected chi connectivity index (χ3v) is 5.31. The quantitative estimate of drug-likeness (QED) is 0.842. The zero-order valence-electron chi connectivity index (χ0n) is 15.9. The van der Waals surface area contributed by atoms with Gasteiger partial charge in [0.2, 0.25) is 5.91 Å². The van der Waals surface area contributed by atoms with E-state index in [0.717, 1.165) is 51.0 Å². The average molecular weight is 362 g/mol. The van der Waals surface area contributed by atoms with E-state index in [1.165, 1.54) is 0 Å². The van der Waals surface area contributed by atoms with Gasteiger partial charge in [0.15, 0.2) is 0 Å². The molecule has 2 aliphatic heterocycles. The first-order valence-corrected chi connectivity index (χ1v) is 9.61. The van der Waals surface area contributed by atoms with Gasteiger partial charge in [-0.3, -0.25) is 14.4 Å². The lowest BCUT2D eigenvalue weighted by Crippen LogP contribution is -2.53. The van der Waals surface area contributed by atoms with Crippen LogP contribution in [0.25, 0.3) is 0 Å². The maximum Gasteiger partial charge on any atom is 0.317 e. The summed E-state index contributed by atoms with van der Waals surface area (Å²) in [6, 6.07) is -0.0582. The number of amides is 3.